The van der Waals surface area contributed by atoms with Crippen LogP contribution >= 0.6 is 22.9 Å². The van der Waals surface area contributed by atoms with Crippen molar-refractivity contribution in [3.05, 3.63) is 21.3 Å². The van der Waals surface area contributed by atoms with Crippen LogP contribution in [-0.2, 0) is 16.6 Å². The molecule has 1 heterocycles. The molecular weight excluding hydrogens is 246 g/mol. The summed E-state index contributed by atoms with van der Waals surface area (Å²) < 4.78 is 25.2. The van der Waals surface area contributed by atoms with Gasteiger partial charge in [-0.05, 0) is 12.1 Å². The van der Waals surface area contributed by atoms with E-state index in [2.05, 4.69) is 4.72 Å². The van der Waals surface area contributed by atoms with Crippen molar-refractivity contribution < 1.29 is 13.5 Å². The highest BCUT2D eigenvalue weighted by Crippen LogP contribution is 2.21. The molecule has 0 atom stereocenters. The second kappa shape index (κ2) is 5.09. The molecule has 0 radical (unpaired) electrons. The van der Waals surface area contributed by atoms with Crippen LogP contribution in [0.15, 0.2) is 12.1 Å². The summed E-state index contributed by atoms with van der Waals surface area (Å²) in [6.45, 7) is -0.153. The van der Waals surface area contributed by atoms with Crippen molar-refractivity contribution in [1.29, 1.82) is 0 Å². The molecule has 1 aromatic rings. The van der Waals surface area contributed by atoms with Gasteiger partial charge in [-0.1, -0.05) is 11.6 Å². The molecule has 0 aliphatic rings. The topological polar surface area (TPSA) is 66.4 Å². The maximum absolute atomic E-state index is 11.1. The van der Waals surface area contributed by atoms with Crippen LogP contribution in [0, 0.1) is 0 Å². The third-order valence-corrected chi connectivity index (χ3v) is 3.99. The van der Waals surface area contributed by atoms with Crippen LogP contribution in [0.3, 0.4) is 0 Å². The van der Waals surface area contributed by atoms with Gasteiger partial charge in [0.2, 0.25) is 10.0 Å². The van der Waals surface area contributed by atoms with Crippen LogP contribution < -0.4 is 4.72 Å². The Morgan fingerprint density at radius 2 is 2.21 bits per heavy atom. The van der Waals surface area contributed by atoms with Gasteiger partial charge in [0.25, 0.3) is 0 Å². The highest BCUT2D eigenvalue weighted by atomic mass is 35.5. The molecule has 80 valence electrons. The summed E-state index contributed by atoms with van der Waals surface area (Å²) in [5.41, 5.74) is 0. The highest BCUT2D eigenvalue weighted by Gasteiger charge is 2.09. The van der Waals surface area contributed by atoms with Gasteiger partial charge in [-0.25, -0.2) is 13.1 Å². The number of thiophene rings is 1. The second-order valence-corrected chi connectivity index (χ2v) is 6.30. The molecule has 1 aromatic heterocycles. The molecule has 0 aliphatic carbocycles. The first-order valence-electron chi connectivity index (χ1n) is 3.86. The first-order chi connectivity index (χ1) is 6.53. The summed E-state index contributed by atoms with van der Waals surface area (Å²) in [6, 6.07) is 3.47. The predicted octanol–water partition coefficient (Wildman–Crippen LogP) is 0.813. The standard InChI is InChI=1S/C7H10ClNO3S2/c8-7-2-1-6(13-7)5-9-14(11,12)4-3-10/h1-2,9-10H,3-5H2. The second-order valence-electron chi connectivity index (χ2n) is 2.57. The lowest BCUT2D eigenvalue weighted by Crippen LogP contribution is -2.26. The number of aliphatic hydroxyl groups excluding tert-OH is 1. The van der Waals surface area contributed by atoms with Crippen LogP contribution in [0.1, 0.15) is 4.88 Å². The number of aliphatic hydroxyl groups is 1. The summed E-state index contributed by atoms with van der Waals surface area (Å²) in [6.07, 6.45) is 0. The maximum Gasteiger partial charge on any atom is 0.214 e. The molecule has 0 bridgehead atoms. The molecule has 0 fully saturated rings. The van der Waals surface area contributed by atoms with Crippen LogP contribution in [0.4, 0.5) is 0 Å². The predicted molar refractivity (Wildman–Crippen MR) is 57.0 cm³/mol. The van der Waals surface area contributed by atoms with E-state index in [1.165, 1.54) is 11.3 Å². The van der Waals surface area contributed by atoms with E-state index >= 15 is 0 Å². The van der Waals surface area contributed by atoms with Gasteiger partial charge in [-0.2, -0.15) is 0 Å². The van der Waals surface area contributed by atoms with Crippen molar-refractivity contribution in [3.63, 3.8) is 0 Å². The van der Waals surface area contributed by atoms with Crippen LogP contribution in [0.25, 0.3) is 0 Å². The number of hydrogen-bond acceptors (Lipinski definition) is 4. The fourth-order valence-electron chi connectivity index (χ4n) is 0.820. The fourth-order valence-corrected chi connectivity index (χ4v) is 2.70. The molecule has 14 heavy (non-hydrogen) atoms. The summed E-state index contributed by atoms with van der Waals surface area (Å²) in [5, 5.41) is 8.47. The van der Waals surface area contributed by atoms with Gasteiger partial charge in [0, 0.05) is 11.4 Å². The van der Waals surface area contributed by atoms with Crippen LogP contribution in [-0.4, -0.2) is 25.9 Å². The quantitative estimate of drug-likeness (QED) is 0.819. The minimum absolute atomic E-state index is 0.222. The number of hydrogen-bond donors (Lipinski definition) is 2. The molecule has 0 unspecified atom stereocenters. The molecule has 0 saturated carbocycles. The highest BCUT2D eigenvalue weighted by molar-refractivity contribution is 7.89. The maximum atomic E-state index is 11.1. The average molecular weight is 256 g/mol. The molecule has 0 amide bonds. The first kappa shape index (κ1) is 11.9. The van der Waals surface area contributed by atoms with Crippen LogP contribution in [0.5, 0.6) is 0 Å². The Bertz CT molecular complexity index is 387. The lowest BCUT2D eigenvalue weighted by Gasteiger charge is -2.02. The van der Waals surface area contributed by atoms with Gasteiger partial charge in [-0.3, -0.25) is 0 Å². The lowest BCUT2D eigenvalue weighted by molar-refractivity contribution is 0.319. The van der Waals surface area contributed by atoms with Gasteiger partial charge >= 0.3 is 0 Å². The summed E-state index contributed by atoms with van der Waals surface area (Å²) in [4.78, 5) is 0.844. The zero-order valence-electron chi connectivity index (χ0n) is 7.23. The van der Waals surface area contributed by atoms with Crippen molar-refractivity contribution >= 4 is 33.0 Å². The third kappa shape index (κ3) is 3.93. The normalized spacial score (nSPS) is 11.9. The molecule has 2 N–H and O–H groups in total. The minimum atomic E-state index is -3.36. The molecule has 0 aromatic carbocycles. The van der Waals surface area contributed by atoms with E-state index in [-0.39, 0.29) is 18.9 Å². The third-order valence-electron chi connectivity index (χ3n) is 1.46. The molecule has 1 rings (SSSR count). The Labute approximate surface area is 91.6 Å². The SMILES string of the molecule is O=S(=O)(CCO)NCc1ccc(Cl)s1. The molecular formula is C7H10ClNO3S2. The largest absolute Gasteiger partial charge is 0.395 e. The number of nitrogens with one attached hydrogen (secondary N) is 1. The zero-order valence-corrected chi connectivity index (χ0v) is 9.62. The Morgan fingerprint density at radius 3 is 2.71 bits per heavy atom. The van der Waals surface area contributed by atoms with Crippen molar-refractivity contribution in [3.8, 4) is 0 Å². The minimum Gasteiger partial charge on any atom is -0.395 e. The van der Waals surface area contributed by atoms with Gasteiger partial charge in [-0.15, -0.1) is 11.3 Å². The average Bonchev–Trinajstić information content (AvgIpc) is 2.48. The molecule has 0 aliphatic heterocycles. The Balaban J connectivity index is 2.48. The Hall–Kier alpha value is -0.140. The van der Waals surface area contributed by atoms with E-state index in [4.69, 9.17) is 16.7 Å². The lowest BCUT2D eigenvalue weighted by atomic mass is 10.5. The van der Waals surface area contributed by atoms with Gasteiger partial charge in [0.1, 0.15) is 0 Å². The van der Waals surface area contributed by atoms with E-state index in [1.807, 2.05) is 0 Å². The molecule has 4 nitrogen and oxygen atoms in total. The summed E-state index contributed by atoms with van der Waals surface area (Å²) in [7, 11) is -3.36. The number of halogens is 1. The van der Waals surface area contributed by atoms with Crippen LogP contribution in [0.2, 0.25) is 4.34 Å². The van der Waals surface area contributed by atoms with Crippen molar-refractivity contribution in [2.24, 2.45) is 0 Å². The van der Waals surface area contributed by atoms with E-state index < -0.39 is 10.0 Å². The monoisotopic (exact) mass is 255 g/mol. The zero-order chi connectivity index (χ0) is 10.6. The molecule has 0 saturated heterocycles. The number of sulfonamides is 1. The van der Waals surface area contributed by atoms with Gasteiger partial charge in [0.05, 0.1) is 16.7 Å². The van der Waals surface area contributed by atoms with Gasteiger partial charge < -0.3 is 5.11 Å². The fraction of sp³-hybridized carbons (Fsp3) is 0.429. The molecule has 0 spiro atoms. The van der Waals surface area contributed by atoms with E-state index in [9.17, 15) is 8.42 Å². The van der Waals surface area contributed by atoms with Gasteiger partial charge in [0.15, 0.2) is 0 Å². The van der Waals surface area contributed by atoms with E-state index in [0.717, 1.165) is 4.88 Å². The van der Waals surface area contributed by atoms with Crippen molar-refractivity contribution in [1.82, 2.24) is 4.72 Å². The summed E-state index contributed by atoms with van der Waals surface area (Å²) in [5.74, 6) is -0.272. The first-order valence-corrected chi connectivity index (χ1v) is 6.70. The summed E-state index contributed by atoms with van der Waals surface area (Å²) >= 11 is 7.00. The Morgan fingerprint density at radius 1 is 1.50 bits per heavy atom. The van der Waals surface area contributed by atoms with Crippen molar-refractivity contribution in [2.75, 3.05) is 12.4 Å². The number of rotatable bonds is 5. The van der Waals surface area contributed by atoms with E-state index in [1.54, 1.807) is 12.1 Å². The van der Waals surface area contributed by atoms with E-state index in [0.29, 0.717) is 4.34 Å². The Kier molecular flexibility index (Phi) is 4.33. The molecule has 7 heteroatoms. The van der Waals surface area contributed by atoms with Crippen molar-refractivity contribution in [2.45, 2.75) is 6.54 Å². The smallest absolute Gasteiger partial charge is 0.214 e.